The second kappa shape index (κ2) is 6.87. The molecule has 0 spiro atoms. The third kappa shape index (κ3) is 5.32. The van der Waals surface area contributed by atoms with Crippen LogP contribution < -0.4 is 5.32 Å². The van der Waals surface area contributed by atoms with Crippen LogP contribution in [0.25, 0.3) is 0 Å². The molecule has 0 heterocycles. The Kier molecular flexibility index (Phi) is 5.14. The van der Waals surface area contributed by atoms with Crippen LogP contribution in [0.1, 0.15) is 11.1 Å². The molecule has 0 bridgehead atoms. The van der Waals surface area contributed by atoms with Gasteiger partial charge in [0.25, 0.3) is 0 Å². The Labute approximate surface area is 125 Å². The van der Waals surface area contributed by atoms with Crippen molar-refractivity contribution in [2.45, 2.75) is 23.6 Å². The highest BCUT2D eigenvalue weighted by atomic mass is 32.2. The average Bonchev–Trinajstić information content (AvgIpc) is 2.45. The van der Waals surface area contributed by atoms with Crippen LogP contribution in [-0.4, -0.2) is 10.6 Å². The van der Waals surface area contributed by atoms with Gasteiger partial charge in [0.15, 0.2) is 0 Å². The molecule has 0 amide bonds. The Morgan fingerprint density at radius 3 is 2.33 bits per heavy atom. The molecule has 2 rings (SSSR count). The highest BCUT2D eigenvalue weighted by Gasteiger charge is 2.28. The van der Waals surface area contributed by atoms with Crippen LogP contribution in [0, 0.1) is 0 Å². The summed E-state index contributed by atoms with van der Waals surface area (Å²) in [6, 6.07) is 13.6. The van der Waals surface area contributed by atoms with Crippen molar-refractivity contribution in [3.8, 4) is 0 Å². The molecular formula is C15H14F3NOS. The summed E-state index contributed by atoms with van der Waals surface area (Å²) in [5.74, 6) is 0. The SMILES string of the molecule is OCc1cccc(NCc2ccc(SC(F)(F)F)cc2)c1. The number of nitrogens with one attached hydrogen (secondary N) is 1. The minimum atomic E-state index is -4.26. The summed E-state index contributed by atoms with van der Waals surface area (Å²) in [4.78, 5) is 0.175. The van der Waals surface area contributed by atoms with Crippen LogP contribution in [0.4, 0.5) is 18.9 Å². The fourth-order valence-electron chi connectivity index (χ4n) is 1.79. The number of hydrogen-bond donors (Lipinski definition) is 2. The first-order valence-corrected chi connectivity index (χ1v) is 7.06. The van der Waals surface area contributed by atoms with E-state index in [1.807, 2.05) is 24.3 Å². The summed E-state index contributed by atoms with van der Waals surface area (Å²) in [5.41, 5.74) is -1.71. The summed E-state index contributed by atoms with van der Waals surface area (Å²) in [6.45, 7) is 0.477. The van der Waals surface area contributed by atoms with Gasteiger partial charge in [-0.15, -0.1) is 0 Å². The van der Waals surface area contributed by atoms with Crippen molar-refractivity contribution in [2.24, 2.45) is 0 Å². The van der Waals surface area contributed by atoms with E-state index >= 15 is 0 Å². The van der Waals surface area contributed by atoms with Crippen LogP contribution in [0.15, 0.2) is 53.4 Å². The molecule has 0 aliphatic rings. The Morgan fingerprint density at radius 2 is 1.71 bits per heavy atom. The van der Waals surface area contributed by atoms with Gasteiger partial charge in [-0.1, -0.05) is 24.3 Å². The van der Waals surface area contributed by atoms with Gasteiger partial charge in [-0.2, -0.15) is 13.2 Å². The standard InChI is InChI=1S/C15H14F3NOS/c16-15(17,18)21-14-6-4-11(5-7-14)9-19-13-3-1-2-12(8-13)10-20/h1-8,19-20H,9-10H2. The second-order valence-electron chi connectivity index (χ2n) is 4.40. The quantitative estimate of drug-likeness (QED) is 0.802. The number of aliphatic hydroxyl groups is 1. The normalized spacial score (nSPS) is 11.4. The average molecular weight is 313 g/mol. The largest absolute Gasteiger partial charge is 0.446 e. The van der Waals surface area contributed by atoms with E-state index in [1.165, 1.54) is 12.1 Å². The zero-order valence-electron chi connectivity index (χ0n) is 11.0. The molecule has 0 radical (unpaired) electrons. The van der Waals surface area contributed by atoms with Crippen LogP contribution in [0.5, 0.6) is 0 Å². The zero-order valence-corrected chi connectivity index (χ0v) is 11.8. The highest BCUT2D eigenvalue weighted by Crippen LogP contribution is 2.36. The van der Waals surface area contributed by atoms with Crippen molar-refractivity contribution in [1.29, 1.82) is 0 Å². The lowest BCUT2D eigenvalue weighted by Crippen LogP contribution is -2.01. The number of halogens is 3. The molecule has 0 saturated carbocycles. The van der Waals surface area contributed by atoms with E-state index in [0.29, 0.717) is 6.54 Å². The molecule has 2 N–H and O–H groups in total. The maximum Gasteiger partial charge on any atom is 0.446 e. The van der Waals surface area contributed by atoms with Gasteiger partial charge in [0, 0.05) is 17.1 Å². The van der Waals surface area contributed by atoms with Crippen LogP contribution in [0.3, 0.4) is 0 Å². The molecule has 0 aliphatic heterocycles. The number of anilines is 1. The molecule has 21 heavy (non-hydrogen) atoms. The maximum absolute atomic E-state index is 12.2. The van der Waals surface area contributed by atoms with Crippen molar-refractivity contribution < 1.29 is 18.3 Å². The van der Waals surface area contributed by atoms with Crippen molar-refractivity contribution >= 4 is 17.4 Å². The van der Waals surface area contributed by atoms with Gasteiger partial charge in [0.1, 0.15) is 0 Å². The van der Waals surface area contributed by atoms with E-state index in [-0.39, 0.29) is 23.3 Å². The zero-order chi connectivity index (χ0) is 15.3. The summed E-state index contributed by atoms with van der Waals surface area (Å²) in [5, 5.41) is 12.2. The minimum absolute atomic E-state index is 0.0289. The maximum atomic E-state index is 12.2. The van der Waals surface area contributed by atoms with Crippen molar-refractivity contribution in [1.82, 2.24) is 0 Å². The molecule has 0 fully saturated rings. The van der Waals surface area contributed by atoms with Crippen molar-refractivity contribution in [3.63, 3.8) is 0 Å². The van der Waals surface area contributed by atoms with E-state index in [2.05, 4.69) is 5.32 Å². The number of aliphatic hydroxyl groups excluding tert-OH is 1. The summed E-state index contributed by atoms with van der Waals surface area (Å²) < 4.78 is 36.6. The fraction of sp³-hybridized carbons (Fsp3) is 0.200. The number of rotatable bonds is 5. The molecule has 0 unspecified atom stereocenters. The Hall–Kier alpha value is -1.66. The second-order valence-corrected chi connectivity index (χ2v) is 5.54. The molecule has 0 saturated heterocycles. The van der Waals surface area contributed by atoms with E-state index in [0.717, 1.165) is 16.8 Å². The number of benzene rings is 2. The Bertz CT molecular complexity index is 584. The summed E-state index contributed by atoms with van der Waals surface area (Å²) >= 11 is -0.119. The van der Waals surface area contributed by atoms with Crippen molar-refractivity contribution in [3.05, 3.63) is 59.7 Å². The lowest BCUT2D eigenvalue weighted by Gasteiger charge is -2.09. The third-order valence-electron chi connectivity index (χ3n) is 2.76. The molecule has 2 aromatic rings. The molecule has 112 valence electrons. The van der Waals surface area contributed by atoms with Gasteiger partial charge < -0.3 is 10.4 Å². The predicted molar refractivity (Wildman–Crippen MR) is 78.0 cm³/mol. The van der Waals surface area contributed by atoms with Gasteiger partial charge in [0.05, 0.1) is 6.61 Å². The van der Waals surface area contributed by atoms with Crippen LogP contribution in [-0.2, 0) is 13.2 Å². The van der Waals surface area contributed by atoms with E-state index in [9.17, 15) is 13.2 Å². The smallest absolute Gasteiger partial charge is 0.392 e. The first-order chi connectivity index (χ1) is 9.96. The Balaban J connectivity index is 1.94. The van der Waals surface area contributed by atoms with E-state index in [4.69, 9.17) is 5.11 Å². The van der Waals surface area contributed by atoms with Gasteiger partial charge in [0.2, 0.25) is 0 Å². The molecular weight excluding hydrogens is 299 g/mol. The molecule has 0 atom stereocenters. The van der Waals surface area contributed by atoms with Gasteiger partial charge in [-0.05, 0) is 47.2 Å². The fourth-order valence-corrected chi connectivity index (χ4v) is 2.33. The molecule has 2 nitrogen and oxygen atoms in total. The summed E-state index contributed by atoms with van der Waals surface area (Å²) in [6.07, 6.45) is 0. The number of alkyl halides is 3. The minimum Gasteiger partial charge on any atom is -0.392 e. The molecule has 2 aromatic carbocycles. The van der Waals surface area contributed by atoms with Gasteiger partial charge >= 0.3 is 5.51 Å². The van der Waals surface area contributed by atoms with E-state index < -0.39 is 5.51 Å². The van der Waals surface area contributed by atoms with Crippen LogP contribution >= 0.6 is 11.8 Å². The monoisotopic (exact) mass is 313 g/mol. The number of thioether (sulfide) groups is 1. The highest BCUT2D eigenvalue weighted by molar-refractivity contribution is 8.00. The first-order valence-electron chi connectivity index (χ1n) is 6.24. The van der Waals surface area contributed by atoms with E-state index in [1.54, 1.807) is 12.1 Å². The van der Waals surface area contributed by atoms with Gasteiger partial charge in [-0.25, -0.2) is 0 Å². The molecule has 0 aliphatic carbocycles. The number of hydrogen-bond acceptors (Lipinski definition) is 3. The predicted octanol–water partition coefficient (Wildman–Crippen LogP) is 4.40. The lowest BCUT2D eigenvalue weighted by atomic mass is 10.2. The topological polar surface area (TPSA) is 32.3 Å². The first kappa shape index (κ1) is 15.7. The Morgan fingerprint density at radius 1 is 1.00 bits per heavy atom. The van der Waals surface area contributed by atoms with Crippen molar-refractivity contribution in [2.75, 3.05) is 5.32 Å². The van der Waals surface area contributed by atoms with Crippen LogP contribution in [0.2, 0.25) is 0 Å². The summed E-state index contributed by atoms with van der Waals surface area (Å²) in [7, 11) is 0. The van der Waals surface area contributed by atoms with Gasteiger partial charge in [-0.3, -0.25) is 0 Å². The lowest BCUT2D eigenvalue weighted by molar-refractivity contribution is -0.0328. The molecule has 6 heteroatoms. The molecule has 0 aromatic heterocycles. The third-order valence-corrected chi connectivity index (χ3v) is 3.50.